The molecule has 3 rings (SSSR count). The average Bonchev–Trinajstić information content (AvgIpc) is 2.96. The Balaban J connectivity index is 2.23. The highest BCUT2D eigenvalue weighted by molar-refractivity contribution is 5.43. The van der Waals surface area contributed by atoms with E-state index in [1.807, 2.05) is 0 Å². The Labute approximate surface area is 128 Å². The van der Waals surface area contributed by atoms with Crippen LogP contribution in [0.4, 0.5) is 13.2 Å². The summed E-state index contributed by atoms with van der Waals surface area (Å²) in [5, 5.41) is 13.7. The van der Waals surface area contributed by atoms with Crippen molar-refractivity contribution in [3.05, 3.63) is 51.4 Å². The Bertz CT molecular complexity index is 813. The van der Waals surface area contributed by atoms with Crippen LogP contribution in [-0.2, 0) is 12.6 Å². The summed E-state index contributed by atoms with van der Waals surface area (Å²) in [5.41, 5.74) is -0.956. The maximum Gasteiger partial charge on any atom is 0.416 e. The molecule has 0 radical (unpaired) electrons. The second-order valence-electron chi connectivity index (χ2n) is 5.22. The molecule has 1 unspecified atom stereocenters. The number of benzene rings is 1. The topological polar surface area (TPSA) is 64.4 Å². The number of aliphatic hydroxyl groups excluding tert-OH is 1. The summed E-state index contributed by atoms with van der Waals surface area (Å²) < 4.78 is 45.2. The highest BCUT2D eigenvalue weighted by Crippen LogP contribution is 2.31. The fraction of sp³-hybridized carbons (Fsp3) is 0.333. The molecule has 0 saturated carbocycles. The zero-order chi connectivity index (χ0) is 16.8. The molecular weight excluding hydrogens is 313 g/mol. The normalized spacial score (nSPS) is 15.2. The van der Waals surface area contributed by atoms with Crippen LogP contribution >= 0.6 is 0 Å². The number of fused-ring (bicyclic) bond motifs is 1. The van der Waals surface area contributed by atoms with Crippen molar-refractivity contribution < 1.29 is 23.0 Å². The Morgan fingerprint density at radius 3 is 2.78 bits per heavy atom. The standard InChI is InChI=1S/C15H13F3N2O3/c1-8(21)12-13(22)14-11(5-6-23-14)20(19-12)10-4-2-3-9(7-10)15(16,17)18/h2-4,7-8,21H,5-6H2,1H3. The predicted octanol–water partition coefficient (Wildman–Crippen LogP) is 2.24. The van der Waals surface area contributed by atoms with Crippen molar-refractivity contribution in [2.45, 2.75) is 25.6 Å². The molecule has 1 aliphatic rings. The van der Waals surface area contributed by atoms with Crippen LogP contribution in [0.3, 0.4) is 0 Å². The van der Waals surface area contributed by atoms with Gasteiger partial charge in [-0.05, 0) is 25.1 Å². The first-order valence-electron chi connectivity index (χ1n) is 6.93. The minimum Gasteiger partial charge on any atom is -0.487 e. The minimum absolute atomic E-state index is 0.0355. The summed E-state index contributed by atoms with van der Waals surface area (Å²) in [7, 11) is 0. The van der Waals surface area contributed by atoms with E-state index in [1.165, 1.54) is 23.7 Å². The maximum atomic E-state index is 12.9. The SMILES string of the molecule is CC(O)c1nn(-c2cccc(C(F)(F)F)c2)c2c(c1=O)OCC2. The van der Waals surface area contributed by atoms with Gasteiger partial charge >= 0.3 is 6.18 Å². The molecule has 2 aromatic rings. The molecule has 0 saturated heterocycles. The van der Waals surface area contributed by atoms with Gasteiger partial charge < -0.3 is 9.84 Å². The molecule has 0 amide bonds. The van der Waals surface area contributed by atoms with Gasteiger partial charge in [-0.25, -0.2) is 4.68 Å². The number of hydrogen-bond acceptors (Lipinski definition) is 4. The highest BCUT2D eigenvalue weighted by Gasteiger charge is 2.31. The lowest BCUT2D eigenvalue weighted by Gasteiger charge is -2.15. The largest absolute Gasteiger partial charge is 0.487 e. The quantitative estimate of drug-likeness (QED) is 0.919. The van der Waals surface area contributed by atoms with Gasteiger partial charge in [0.25, 0.3) is 0 Å². The van der Waals surface area contributed by atoms with Crippen molar-refractivity contribution in [2.75, 3.05) is 6.61 Å². The molecule has 0 bridgehead atoms. The summed E-state index contributed by atoms with van der Waals surface area (Å²) in [6.45, 7) is 1.61. The lowest BCUT2D eigenvalue weighted by molar-refractivity contribution is -0.137. The third-order valence-electron chi connectivity index (χ3n) is 3.56. The lowest BCUT2D eigenvalue weighted by Crippen LogP contribution is -2.22. The molecule has 0 aliphatic carbocycles. The Morgan fingerprint density at radius 1 is 1.39 bits per heavy atom. The maximum absolute atomic E-state index is 12.9. The number of hydrogen-bond donors (Lipinski definition) is 1. The fourth-order valence-corrected chi connectivity index (χ4v) is 2.48. The van der Waals surface area contributed by atoms with Crippen molar-refractivity contribution in [2.24, 2.45) is 0 Å². The number of halogens is 3. The molecule has 5 nitrogen and oxygen atoms in total. The first-order valence-corrected chi connectivity index (χ1v) is 6.93. The van der Waals surface area contributed by atoms with Crippen molar-refractivity contribution >= 4 is 0 Å². The Hall–Kier alpha value is -2.35. The van der Waals surface area contributed by atoms with Gasteiger partial charge in [-0.15, -0.1) is 0 Å². The van der Waals surface area contributed by atoms with Crippen LogP contribution in [0.5, 0.6) is 5.75 Å². The van der Waals surface area contributed by atoms with Crippen LogP contribution in [0.25, 0.3) is 5.69 Å². The van der Waals surface area contributed by atoms with E-state index < -0.39 is 23.3 Å². The van der Waals surface area contributed by atoms with E-state index in [0.29, 0.717) is 12.1 Å². The molecule has 1 aliphatic heterocycles. The second kappa shape index (κ2) is 5.38. The van der Waals surface area contributed by atoms with Crippen LogP contribution in [-0.4, -0.2) is 21.5 Å². The zero-order valence-corrected chi connectivity index (χ0v) is 12.1. The Kier molecular flexibility index (Phi) is 3.63. The monoisotopic (exact) mass is 326 g/mol. The van der Waals surface area contributed by atoms with E-state index >= 15 is 0 Å². The van der Waals surface area contributed by atoms with E-state index in [2.05, 4.69) is 5.10 Å². The lowest BCUT2D eigenvalue weighted by atomic mass is 10.1. The summed E-state index contributed by atoms with van der Waals surface area (Å²) in [6, 6.07) is 4.62. The van der Waals surface area contributed by atoms with E-state index in [4.69, 9.17) is 4.74 Å². The highest BCUT2D eigenvalue weighted by atomic mass is 19.4. The van der Waals surface area contributed by atoms with Crippen molar-refractivity contribution in [1.82, 2.24) is 9.78 Å². The first kappa shape index (κ1) is 15.5. The summed E-state index contributed by atoms with van der Waals surface area (Å²) >= 11 is 0. The fourth-order valence-electron chi connectivity index (χ4n) is 2.48. The molecule has 1 aromatic heterocycles. The smallest absolute Gasteiger partial charge is 0.416 e. The van der Waals surface area contributed by atoms with Crippen LogP contribution in [0, 0.1) is 0 Å². The van der Waals surface area contributed by atoms with Crippen molar-refractivity contribution in [1.29, 1.82) is 0 Å². The van der Waals surface area contributed by atoms with Gasteiger partial charge in [0.2, 0.25) is 5.43 Å². The number of aromatic nitrogens is 2. The van der Waals surface area contributed by atoms with Gasteiger partial charge in [-0.2, -0.15) is 18.3 Å². The predicted molar refractivity (Wildman–Crippen MR) is 74.7 cm³/mol. The molecule has 1 atom stereocenters. The molecule has 0 fully saturated rings. The molecular formula is C15H13F3N2O3. The van der Waals surface area contributed by atoms with E-state index in [0.717, 1.165) is 12.1 Å². The third kappa shape index (κ3) is 2.70. The van der Waals surface area contributed by atoms with Crippen molar-refractivity contribution in [3.8, 4) is 11.4 Å². The summed E-state index contributed by atoms with van der Waals surface area (Å²) in [4.78, 5) is 12.2. The van der Waals surface area contributed by atoms with E-state index in [-0.39, 0.29) is 23.7 Å². The first-order chi connectivity index (χ1) is 10.8. The molecule has 0 spiro atoms. The van der Waals surface area contributed by atoms with Crippen LogP contribution in [0.15, 0.2) is 29.1 Å². The number of ether oxygens (including phenoxy) is 1. The average molecular weight is 326 g/mol. The summed E-state index contributed by atoms with van der Waals surface area (Å²) in [6.07, 6.45) is -5.29. The minimum atomic E-state index is -4.48. The molecule has 8 heteroatoms. The number of nitrogens with zero attached hydrogens (tertiary/aromatic N) is 2. The number of aliphatic hydroxyl groups is 1. The molecule has 2 heterocycles. The number of alkyl halides is 3. The second-order valence-corrected chi connectivity index (χ2v) is 5.22. The molecule has 1 aromatic carbocycles. The van der Waals surface area contributed by atoms with Gasteiger partial charge in [0, 0.05) is 6.42 Å². The summed E-state index contributed by atoms with van der Waals surface area (Å²) in [5.74, 6) is 0.0355. The van der Waals surface area contributed by atoms with E-state index in [9.17, 15) is 23.1 Å². The zero-order valence-electron chi connectivity index (χ0n) is 12.1. The number of rotatable bonds is 2. The van der Waals surface area contributed by atoms with Crippen LogP contribution in [0.1, 0.15) is 30.0 Å². The molecule has 23 heavy (non-hydrogen) atoms. The van der Waals surface area contributed by atoms with Crippen LogP contribution in [0.2, 0.25) is 0 Å². The van der Waals surface area contributed by atoms with Crippen LogP contribution < -0.4 is 10.2 Å². The van der Waals surface area contributed by atoms with Gasteiger partial charge in [-0.1, -0.05) is 6.07 Å². The van der Waals surface area contributed by atoms with E-state index in [1.54, 1.807) is 0 Å². The van der Waals surface area contributed by atoms with Crippen molar-refractivity contribution in [3.63, 3.8) is 0 Å². The van der Waals surface area contributed by atoms with Gasteiger partial charge in [-0.3, -0.25) is 4.79 Å². The third-order valence-corrected chi connectivity index (χ3v) is 3.56. The van der Waals surface area contributed by atoms with Gasteiger partial charge in [0.05, 0.1) is 29.7 Å². The van der Waals surface area contributed by atoms with Gasteiger partial charge in [0.1, 0.15) is 5.69 Å². The molecule has 1 N–H and O–H groups in total. The Morgan fingerprint density at radius 2 is 2.13 bits per heavy atom. The van der Waals surface area contributed by atoms with Gasteiger partial charge in [0.15, 0.2) is 5.75 Å². The molecule has 122 valence electrons.